The smallest absolute Gasteiger partial charge is 0.318 e. The number of rotatable bonds is 4. The summed E-state index contributed by atoms with van der Waals surface area (Å²) in [7, 11) is 1.24. The average Bonchev–Trinajstić information content (AvgIpc) is 2.24. The number of nitriles is 1. The quantitative estimate of drug-likeness (QED) is 0.407. The van der Waals surface area contributed by atoms with Gasteiger partial charge in [-0.3, -0.25) is 9.79 Å². The van der Waals surface area contributed by atoms with Gasteiger partial charge in [-0.15, -0.1) is 0 Å². The van der Waals surface area contributed by atoms with Crippen molar-refractivity contribution in [3.63, 3.8) is 0 Å². The second-order valence-electron chi connectivity index (χ2n) is 4.46. The van der Waals surface area contributed by atoms with Gasteiger partial charge in [0.1, 0.15) is 29.0 Å². The van der Waals surface area contributed by atoms with Gasteiger partial charge in [0.25, 0.3) is 0 Å². The van der Waals surface area contributed by atoms with Crippen LogP contribution in [0.3, 0.4) is 0 Å². The molecule has 0 saturated heterocycles. The molecule has 0 saturated carbocycles. The van der Waals surface area contributed by atoms with Crippen LogP contribution < -0.4 is 0 Å². The van der Waals surface area contributed by atoms with Gasteiger partial charge in [-0.25, -0.2) is 0 Å². The summed E-state index contributed by atoms with van der Waals surface area (Å²) in [5.74, 6) is -0.561. The number of ether oxygens (including phenoxy) is 1. The highest BCUT2D eigenvalue weighted by Crippen LogP contribution is 2.22. The zero-order valence-electron chi connectivity index (χ0n) is 10.2. The van der Waals surface area contributed by atoms with E-state index in [9.17, 15) is 9.59 Å². The second kappa shape index (κ2) is 4.88. The Hall–Kier alpha value is -1.70. The van der Waals surface area contributed by atoms with Crippen LogP contribution in [0.4, 0.5) is 0 Å². The molecule has 0 amide bonds. The van der Waals surface area contributed by atoms with Gasteiger partial charge in [0.2, 0.25) is 0 Å². The van der Waals surface area contributed by atoms with Crippen molar-refractivity contribution < 1.29 is 14.3 Å². The maximum absolute atomic E-state index is 11.5. The van der Waals surface area contributed by atoms with E-state index in [-0.39, 0.29) is 5.71 Å². The largest absolute Gasteiger partial charge is 0.468 e. The van der Waals surface area contributed by atoms with Crippen molar-refractivity contribution in [1.29, 1.82) is 5.26 Å². The van der Waals surface area contributed by atoms with Crippen LogP contribution in [0.25, 0.3) is 0 Å². The summed E-state index contributed by atoms with van der Waals surface area (Å²) in [5, 5.41) is 8.96. The molecular weight excluding hydrogens is 208 g/mol. The molecule has 0 radical (unpaired) electrons. The number of aldehydes is 1. The third-order valence-corrected chi connectivity index (χ3v) is 2.08. The lowest BCUT2D eigenvalue weighted by atomic mass is 9.87. The normalized spacial score (nSPS) is 12.9. The Kier molecular flexibility index (Phi) is 4.36. The molecule has 5 nitrogen and oxygen atoms in total. The summed E-state index contributed by atoms with van der Waals surface area (Å²) in [6, 6.07) is 1.84. The highest BCUT2D eigenvalue weighted by atomic mass is 16.5. The minimum absolute atomic E-state index is 0.0172. The molecule has 0 aromatic rings. The number of carbonyl (C=O) groups excluding carboxylic acids is 2. The fraction of sp³-hybridized carbons (Fsp3) is 0.636. The van der Waals surface area contributed by atoms with Crippen LogP contribution in [0.2, 0.25) is 0 Å². The average molecular weight is 224 g/mol. The van der Waals surface area contributed by atoms with Crippen molar-refractivity contribution >= 4 is 18.0 Å². The second-order valence-corrected chi connectivity index (χ2v) is 4.46. The van der Waals surface area contributed by atoms with Gasteiger partial charge in [0, 0.05) is 0 Å². The van der Waals surface area contributed by atoms with Crippen LogP contribution >= 0.6 is 0 Å². The lowest BCUT2D eigenvalue weighted by molar-refractivity contribution is -0.146. The van der Waals surface area contributed by atoms with Crippen molar-refractivity contribution in [3.8, 4) is 6.07 Å². The number of carbonyl (C=O) groups is 2. The molecule has 0 N–H and O–H groups in total. The third kappa shape index (κ3) is 3.16. The molecule has 0 fully saturated rings. The summed E-state index contributed by atoms with van der Waals surface area (Å²) in [6.45, 7) is 6.18. The number of hydrogen-bond donors (Lipinski definition) is 0. The summed E-state index contributed by atoms with van der Waals surface area (Å²) >= 11 is 0. The van der Waals surface area contributed by atoms with E-state index in [1.54, 1.807) is 13.8 Å². The number of esters is 1. The molecule has 0 unspecified atom stereocenters. The first-order valence-corrected chi connectivity index (χ1v) is 4.76. The van der Waals surface area contributed by atoms with Gasteiger partial charge >= 0.3 is 5.97 Å². The number of hydrogen-bond acceptors (Lipinski definition) is 5. The molecule has 0 aromatic heterocycles. The maximum atomic E-state index is 11.5. The van der Waals surface area contributed by atoms with E-state index in [0.29, 0.717) is 6.29 Å². The maximum Gasteiger partial charge on any atom is 0.318 e. The molecule has 0 atom stereocenters. The van der Waals surface area contributed by atoms with E-state index in [0.717, 1.165) is 0 Å². The van der Waals surface area contributed by atoms with E-state index < -0.39 is 16.9 Å². The predicted octanol–water partition coefficient (Wildman–Crippen LogP) is 1.13. The van der Waals surface area contributed by atoms with E-state index in [1.807, 2.05) is 6.07 Å². The Morgan fingerprint density at radius 1 is 1.38 bits per heavy atom. The van der Waals surface area contributed by atoms with Crippen LogP contribution in [0, 0.1) is 16.7 Å². The fourth-order valence-electron chi connectivity index (χ4n) is 0.971. The highest BCUT2D eigenvalue weighted by Gasteiger charge is 2.36. The van der Waals surface area contributed by atoms with Gasteiger partial charge in [-0.2, -0.15) is 5.26 Å². The zero-order chi connectivity index (χ0) is 13.0. The first-order valence-electron chi connectivity index (χ1n) is 4.76. The van der Waals surface area contributed by atoms with Crippen LogP contribution in [0.15, 0.2) is 4.99 Å². The molecular formula is C11H16N2O3. The van der Waals surface area contributed by atoms with Gasteiger partial charge in [-0.1, -0.05) is 0 Å². The third-order valence-electron chi connectivity index (χ3n) is 2.08. The predicted molar refractivity (Wildman–Crippen MR) is 59.0 cm³/mol. The Morgan fingerprint density at radius 2 is 1.88 bits per heavy atom. The summed E-state index contributed by atoms with van der Waals surface area (Å²) in [6.07, 6.45) is 0.623. The van der Waals surface area contributed by atoms with Crippen molar-refractivity contribution in [1.82, 2.24) is 0 Å². The highest BCUT2D eigenvalue weighted by molar-refractivity contribution is 6.14. The molecule has 0 bridgehead atoms. The molecule has 0 heterocycles. The van der Waals surface area contributed by atoms with Gasteiger partial charge in [0.05, 0.1) is 7.11 Å². The SMILES string of the molecule is COC(=O)C(C)(C)/C(C#N)=N\C(C)(C)C=O. The first kappa shape index (κ1) is 14.3. The summed E-state index contributed by atoms with van der Waals surface area (Å²) in [4.78, 5) is 26.2. The molecule has 0 aliphatic rings. The Balaban J connectivity index is 5.41. The first-order chi connectivity index (χ1) is 7.21. The van der Waals surface area contributed by atoms with E-state index in [1.165, 1.54) is 21.0 Å². The topological polar surface area (TPSA) is 79.5 Å². The Morgan fingerprint density at radius 3 is 2.19 bits per heavy atom. The van der Waals surface area contributed by atoms with Crippen LogP contribution in [-0.2, 0) is 14.3 Å². The molecule has 16 heavy (non-hydrogen) atoms. The van der Waals surface area contributed by atoms with Gasteiger partial charge in [-0.05, 0) is 27.7 Å². The Labute approximate surface area is 95.1 Å². The lowest BCUT2D eigenvalue weighted by Crippen LogP contribution is -2.36. The summed E-state index contributed by atoms with van der Waals surface area (Å²) < 4.78 is 4.59. The Bertz CT molecular complexity index is 362. The minimum Gasteiger partial charge on any atom is -0.468 e. The number of nitrogens with zero attached hydrogens (tertiary/aromatic N) is 2. The van der Waals surface area contributed by atoms with Crippen molar-refractivity contribution in [2.75, 3.05) is 7.11 Å². The summed E-state index contributed by atoms with van der Waals surface area (Å²) in [5.41, 5.74) is -2.18. The molecule has 0 rings (SSSR count). The van der Waals surface area contributed by atoms with E-state index in [4.69, 9.17) is 5.26 Å². The lowest BCUT2D eigenvalue weighted by Gasteiger charge is -2.22. The van der Waals surface area contributed by atoms with Crippen molar-refractivity contribution in [2.24, 2.45) is 10.4 Å². The molecule has 5 heteroatoms. The molecule has 0 aliphatic heterocycles. The minimum atomic E-state index is -1.15. The zero-order valence-corrected chi connectivity index (χ0v) is 10.2. The van der Waals surface area contributed by atoms with Gasteiger partial charge < -0.3 is 9.53 Å². The van der Waals surface area contributed by atoms with Crippen molar-refractivity contribution in [3.05, 3.63) is 0 Å². The molecule has 0 aromatic carbocycles. The van der Waals surface area contributed by atoms with Crippen molar-refractivity contribution in [2.45, 2.75) is 33.2 Å². The number of methoxy groups -OCH3 is 1. The van der Waals surface area contributed by atoms with E-state index >= 15 is 0 Å². The molecule has 0 spiro atoms. The van der Waals surface area contributed by atoms with Crippen LogP contribution in [0.1, 0.15) is 27.7 Å². The monoisotopic (exact) mass is 224 g/mol. The molecule has 0 aliphatic carbocycles. The number of aliphatic imine (C=N–C) groups is 1. The van der Waals surface area contributed by atoms with Crippen LogP contribution in [0.5, 0.6) is 0 Å². The standard InChI is InChI=1S/C11H16N2O3/c1-10(2,7-14)13-8(6-12)11(3,4)9(15)16-5/h7H,1-5H3/b13-8-. The van der Waals surface area contributed by atoms with Gasteiger partial charge in [0.15, 0.2) is 0 Å². The molecule has 88 valence electrons. The fourth-order valence-corrected chi connectivity index (χ4v) is 0.971. The van der Waals surface area contributed by atoms with E-state index in [2.05, 4.69) is 9.73 Å². The van der Waals surface area contributed by atoms with Crippen LogP contribution in [-0.4, -0.2) is 30.6 Å².